The van der Waals surface area contributed by atoms with E-state index in [0.717, 1.165) is 32.0 Å². The molecule has 0 radical (unpaired) electrons. The van der Waals surface area contributed by atoms with Gasteiger partial charge in [-0.05, 0) is 45.7 Å². The molecule has 0 aromatic rings. The Kier molecular flexibility index (Phi) is 2.29. The van der Waals surface area contributed by atoms with Gasteiger partial charge in [0.15, 0.2) is 0 Å². The zero-order valence-electron chi connectivity index (χ0n) is 8.42. The molecule has 1 heterocycles. The number of likely N-dealkylation sites (tertiary alicyclic amines) is 1. The number of rotatable bonds is 1. The molecule has 1 aliphatic carbocycles. The Bertz CT molecular complexity index is 217. The van der Waals surface area contributed by atoms with Crippen molar-refractivity contribution < 1.29 is 0 Å². The van der Waals surface area contributed by atoms with Gasteiger partial charge in [0, 0.05) is 6.04 Å². The van der Waals surface area contributed by atoms with Crippen LogP contribution < -0.4 is 0 Å². The summed E-state index contributed by atoms with van der Waals surface area (Å²) in [6.07, 6.45) is 6.34. The summed E-state index contributed by atoms with van der Waals surface area (Å²) in [7, 11) is 0. The van der Waals surface area contributed by atoms with E-state index < -0.39 is 0 Å². The standard InChI is InChI=1S/C11H18N2/c1-11(9-12)5-7-13(8-6-11)10-3-2-4-10/h10H,2-8H2,1H3. The molecule has 0 aromatic carbocycles. The fraction of sp³-hybridized carbons (Fsp3) is 0.909. The first-order valence-electron chi connectivity index (χ1n) is 5.39. The molecule has 1 saturated heterocycles. The molecule has 0 N–H and O–H groups in total. The molecule has 2 nitrogen and oxygen atoms in total. The fourth-order valence-corrected chi connectivity index (χ4v) is 2.25. The largest absolute Gasteiger partial charge is 0.300 e. The maximum absolute atomic E-state index is 8.98. The maximum atomic E-state index is 8.98. The summed E-state index contributed by atoms with van der Waals surface area (Å²) in [5, 5.41) is 8.98. The number of nitriles is 1. The molecule has 13 heavy (non-hydrogen) atoms. The number of nitrogens with zero attached hydrogens (tertiary/aromatic N) is 2. The van der Waals surface area contributed by atoms with E-state index in [0.29, 0.717) is 0 Å². The minimum Gasteiger partial charge on any atom is -0.300 e. The second-order valence-electron chi connectivity index (χ2n) is 4.79. The SMILES string of the molecule is CC1(C#N)CCN(C2CCC2)CC1. The zero-order chi connectivity index (χ0) is 9.31. The van der Waals surface area contributed by atoms with Crippen LogP contribution in [0.15, 0.2) is 0 Å². The zero-order valence-corrected chi connectivity index (χ0v) is 8.42. The van der Waals surface area contributed by atoms with Crippen molar-refractivity contribution in [1.82, 2.24) is 4.90 Å². The summed E-state index contributed by atoms with van der Waals surface area (Å²) in [5.74, 6) is 0. The van der Waals surface area contributed by atoms with Gasteiger partial charge in [-0.1, -0.05) is 6.42 Å². The Hall–Kier alpha value is -0.550. The third-order valence-corrected chi connectivity index (χ3v) is 3.76. The summed E-state index contributed by atoms with van der Waals surface area (Å²) in [4.78, 5) is 2.59. The van der Waals surface area contributed by atoms with Crippen molar-refractivity contribution in [2.24, 2.45) is 5.41 Å². The maximum Gasteiger partial charge on any atom is 0.0687 e. The first-order chi connectivity index (χ1) is 6.23. The van der Waals surface area contributed by atoms with Gasteiger partial charge >= 0.3 is 0 Å². The van der Waals surface area contributed by atoms with Gasteiger partial charge in [-0.2, -0.15) is 5.26 Å². The number of hydrogen-bond acceptors (Lipinski definition) is 2. The van der Waals surface area contributed by atoms with E-state index in [-0.39, 0.29) is 5.41 Å². The molecule has 1 saturated carbocycles. The normalized spacial score (nSPS) is 29.2. The smallest absolute Gasteiger partial charge is 0.0687 e. The van der Waals surface area contributed by atoms with Gasteiger partial charge in [-0.15, -0.1) is 0 Å². The van der Waals surface area contributed by atoms with E-state index in [2.05, 4.69) is 17.9 Å². The molecule has 2 heteroatoms. The molecular formula is C11H18N2. The number of piperidine rings is 1. The molecule has 2 aliphatic rings. The Labute approximate surface area is 80.5 Å². The van der Waals surface area contributed by atoms with E-state index in [1.807, 2.05) is 0 Å². The van der Waals surface area contributed by atoms with Gasteiger partial charge in [0.25, 0.3) is 0 Å². The Morgan fingerprint density at radius 1 is 1.31 bits per heavy atom. The molecule has 0 atom stereocenters. The fourth-order valence-electron chi connectivity index (χ4n) is 2.25. The van der Waals surface area contributed by atoms with Crippen LogP contribution in [0.1, 0.15) is 39.0 Å². The van der Waals surface area contributed by atoms with Crippen molar-refractivity contribution in [2.45, 2.75) is 45.1 Å². The van der Waals surface area contributed by atoms with Gasteiger partial charge in [0.05, 0.1) is 11.5 Å². The van der Waals surface area contributed by atoms with E-state index in [1.165, 1.54) is 19.3 Å². The second kappa shape index (κ2) is 3.31. The number of hydrogen-bond donors (Lipinski definition) is 0. The topological polar surface area (TPSA) is 27.0 Å². The highest BCUT2D eigenvalue weighted by atomic mass is 15.2. The van der Waals surface area contributed by atoms with E-state index in [4.69, 9.17) is 5.26 Å². The predicted molar refractivity (Wildman–Crippen MR) is 52.2 cm³/mol. The Balaban J connectivity index is 1.85. The van der Waals surface area contributed by atoms with Crippen LogP contribution in [0.25, 0.3) is 0 Å². The van der Waals surface area contributed by atoms with Crippen molar-refractivity contribution in [1.29, 1.82) is 5.26 Å². The highest BCUT2D eigenvalue weighted by Crippen LogP contribution is 2.34. The van der Waals surface area contributed by atoms with Crippen molar-refractivity contribution in [2.75, 3.05) is 13.1 Å². The second-order valence-corrected chi connectivity index (χ2v) is 4.79. The summed E-state index contributed by atoms with van der Waals surface area (Å²) in [5.41, 5.74) is -0.0275. The summed E-state index contributed by atoms with van der Waals surface area (Å²) >= 11 is 0. The van der Waals surface area contributed by atoms with Crippen LogP contribution in [-0.2, 0) is 0 Å². The van der Waals surface area contributed by atoms with E-state index in [1.54, 1.807) is 0 Å². The van der Waals surface area contributed by atoms with Gasteiger partial charge in [0.1, 0.15) is 0 Å². The van der Waals surface area contributed by atoms with Gasteiger partial charge < -0.3 is 4.90 Å². The van der Waals surface area contributed by atoms with Crippen molar-refractivity contribution >= 4 is 0 Å². The first kappa shape index (κ1) is 9.02. The highest BCUT2D eigenvalue weighted by molar-refractivity contribution is 5.00. The Morgan fingerprint density at radius 2 is 1.92 bits per heavy atom. The quantitative estimate of drug-likeness (QED) is 0.615. The van der Waals surface area contributed by atoms with Crippen LogP contribution in [0.3, 0.4) is 0 Å². The van der Waals surface area contributed by atoms with Crippen molar-refractivity contribution in [3.8, 4) is 6.07 Å². The monoisotopic (exact) mass is 178 g/mol. The molecular weight excluding hydrogens is 160 g/mol. The summed E-state index contributed by atoms with van der Waals surface area (Å²) < 4.78 is 0. The predicted octanol–water partition coefficient (Wildman–Crippen LogP) is 2.16. The molecule has 72 valence electrons. The van der Waals surface area contributed by atoms with Crippen LogP contribution in [0, 0.1) is 16.7 Å². The minimum atomic E-state index is -0.0275. The van der Waals surface area contributed by atoms with E-state index >= 15 is 0 Å². The molecule has 0 amide bonds. The van der Waals surface area contributed by atoms with Crippen LogP contribution in [0.2, 0.25) is 0 Å². The van der Waals surface area contributed by atoms with Gasteiger partial charge in [0.2, 0.25) is 0 Å². The third-order valence-electron chi connectivity index (χ3n) is 3.76. The summed E-state index contributed by atoms with van der Waals surface area (Å²) in [6, 6.07) is 3.31. The lowest BCUT2D eigenvalue weighted by molar-refractivity contribution is 0.0709. The minimum absolute atomic E-state index is 0.0275. The van der Waals surface area contributed by atoms with Crippen LogP contribution in [-0.4, -0.2) is 24.0 Å². The average molecular weight is 178 g/mol. The highest BCUT2D eigenvalue weighted by Gasteiger charge is 2.34. The molecule has 1 aliphatic heterocycles. The molecule has 0 spiro atoms. The molecule has 0 unspecified atom stereocenters. The lowest BCUT2D eigenvalue weighted by Gasteiger charge is -2.43. The molecule has 0 aromatic heterocycles. The first-order valence-corrected chi connectivity index (χ1v) is 5.39. The molecule has 2 fully saturated rings. The van der Waals surface area contributed by atoms with Crippen LogP contribution in [0.5, 0.6) is 0 Å². The lowest BCUT2D eigenvalue weighted by atomic mass is 9.80. The third kappa shape index (κ3) is 1.71. The van der Waals surface area contributed by atoms with Crippen molar-refractivity contribution in [3.05, 3.63) is 0 Å². The van der Waals surface area contributed by atoms with Gasteiger partial charge in [-0.3, -0.25) is 0 Å². The van der Waals surface area contributed by atoms with Gasteiger partial charge in [-0.25, -0.2) is 0 Å². The van der Waals surface area contributed by atoms with Crippen LogP contribution >= 0.6 is 0 Å². The molecule has 2 rings (SSSR count). The Morgan fingerprint density at radius 3 is 2.31 bits per heavy atom. The van der Waals surface area contributed by atoms with E-state index in [9.17, 15) is 0 Å². The van der Waals surface area contributed by atoms with Crippen molar-refractivity contribution in [3.63, 3.8) is 0 Å². The van der Waals surface area contributed by atoms with Crippen LogP contribution in [0.4, 0.5) is 0 Å². The lowest BCUT2D eigenvalue weighted by Crippen LogP contribution is -2.46. The summed E-state index contributed by atoms with van der Waals surface area (Å²) in [6.45, 7) is 4.40. The average Bonchev–Trinajstić information content (AvgIpc) is 2.06. The molecule has 0 bridgehead atoms.